The van der Waals surface area contributed by atoms with Crippen LogP contribution in [0.3, 0.4) is 0 Å². The van der Waals surface area contributed by atoms with Crippen LogP contribution in [-0.2, 0) is 0 Å². The van der Waals surface area contributed by atoms with Gasteiger partial charge in [-0.3, -0.25) is 0 Å². The minimum atomic E-state index is 0.239. The molecule has 0 amide bonds. The van der Waals surface area contributed by atoms with Crippen LogP contribution in [0.2, 0.25) is 0 Å². The molecule has 2 N–H and O–H groups in total. The second kappa shape index (κ2) is 6.33. The van der Waals surface area contributed by atoms with Gasteiger partial charge in [-0.1, -0.05) is 12.1 Å². The Hall–Kier alpha value is -1.88. The van der Waals surface area contributed by atoms with Crippen LogP contribution in [0, 0.1) is 0 Å². The molecule has 1 aromatic heterocycles. The maximum Gasteiger partial charge on any atom is 0.229 e. The van der Waals surface area contributed by atoms with Gasteiger partial charge in [-0.05, 0) is 43.7 Å². The van der Waals surface area contributed by atoms with E-state index in [1.54, 1.807) is 7.11 Å². The van der Waals surface area contributed by atoms with E-state index >= 15 is 0 Å². The summed E-state index contributed by atoms with van der Waals surface area (Å²) in [6.07, 6.45) is 1.92. The van der Waals surface area contributed by atoms with Gasteiger partial charge in [-0.15, -0.1) is 0 Å². The quantitative estimate of drug-likeness (QED) is 0.865. The molecule has 1 heterocycles. The van der Waals surface area contributed by atoms with Crippen molar-refractivity contribution in [2.45, 2.75) is 25.7 Å². The highest BCUT2D eigenvalue weighted by Crippen LogP contribution is 2.23. The molecule has 2 aromatic rings. The summed E-state index contributed by atoms with van der Waals surface area (Å²) in [7, 11) is 1.64. The molecule has 0 bridgehead atoms. The standard InChI is InChI=1S/C14H19N3O2/c1-10(4-3-9-15)14-16-13(17-19-14)11-5-7-12(18-2)8-6-11/h5-8,10H,3-4,9,15H2,1-2H3. The Kier molecular flexibility index (Phi) is 4.52. The van der Waals surface area contributed by atoms with Gasteiger partial charge in [0.15, 0.2) is 0 Å². The fourth-order valence-corrected chi connectivity index (χ4v) is 1.84. The Morgan fingerprint density at radius 1 is 1.32 bits per heavy atom. The molecule has 1 atom stereocenters. The second-order valence-corrected chi connectivity index (χ2v) is 4.52. The number of hydrogen-bond donors (Lipinski definition) is 1. The summed E-state index contributed by atoms with van der Waals surface area (Å²) in [6, 6.07) is 7.59. The van der Waals surface area contributed by atoms with Crippen LogP contribution in [-0.4, -0.2) is 23.8 Å². The van der Waals surface area contributed by atoms with Crippen LogP contribution >= 0.6 is 0 Å². The van der Waals surface area contributed by atoms with Gasteiger partial charge in [0.2, 0.25) is 11.7 Å². The predicted molar refractivity (Wildman–Crippen MR) is 73.0 cm³/mol. The largest absolute Gasteiger partial charge is 0.497 e. The Balaban J connectivity index is 2.11. The summed E-state index contributed by atoms with van der Waals surface area (Å²) in [5.41, 5.74) is 6.42. The molecule has 102 valence electrons. The molecule has 0 saturated heterocycles. The van der Waals surface area contributed by atoms with E-state index in [4.69, 9.17) is 15.0 Å². The molecule has 5 nitrogen and oxygen atoms in total. The molecule has 0 saturated carbocycles. The van der Waals surface area contributed by atoms with Gasteiger partial charge >= 0.3 is 0 Å². The van der Waals surface area contributed by atoms with E-state index < -0.39 is 0 Å². The number of benzene rings is 1. The average molecular weight is 261 g/mol. The van der Waals surface area contributed by atoms with Gasteiger partial charge in [0.25, 0.3) is 0 Å². The van der Waals surface area contributed by atoms with Crippen LogP contribution in [0.25, 0.3) is 11.4 Å². The van der Waals surface area contributed by atoms with Crippen molar-refractivity contribution >= 4 is 0 Å². The number of methoxy groups -OCH3 is 1. The third-order valence-electron chi connectivity index (χ3n) is 3.05. The summed E-state index contributed by atoms with van der Waals surface area (Å²) in [5, 5.41) is 4.01. The van der Waals surface area contributed by atoms with Crippen molar-refractivity contribution < 1.29 is 9.26 Å². The van der Waals surface area contributed by atoms with E-state index in [0.29, 0.717) is 18.3 Å². The summed E-state index contributed by atoms with van der Waals surface area (Å²) < 4.78 is 10.4. The number of ether oxygens (including phenoxy) is 1. The van der Waals surface area contributed by atoms with E-state index in [9.17, 15) is 0 Å². The van der Waals surface area contributed by atoms with Gasteiger partial charge in [0.05, 0.1) is 7.11 Å². The molecule has 19 heavy (non-hydrogen) atoms. The Bertz CT molecular complexity index is 508. The van der Waals surface area contributed by atoms with E-state index in [0.717, 1.165) is 24.2 Å². The molecule has 1 unspecified atom stereocenters. The number of nitrogens with zero attached hydrogens (tertiary/aromatic N) is 2. The fourth-order valence-electron chi connectivity index (χ4n) is 1.84. The summed E-state index contributed by atoms with van der Waals surface area (Å²) in [5.74, 6) is 2.32. The van der Waals surface area contributed by atoms with Gasteiger partial charge in [-0.2, -0.15) is 4.98 Å². The van der Waals surface area contributed by atoms with Gasteiger partial charge in [0, 0.05) is 11.5 Å². The van der Waals surface area contributed by atoms with Gasteiger partial charge < -0.3 is 15.0 Å². The number of aromatic nitrogens is 2. The van der Waals surface area contributed by atoms with Crippen LogP contribution in [0.15, 0.2) is 28.8 Å². The maximum atomic E-state index is 5.50. The molecule has 0 aliphatic heterocycles. The molecule has 1 aromatic carbocycles. The zero-order valence-corrected chi connectivity index (χ0v) is 11.3. The average Bonchev–Trinajstić information content (AvgIpc) is 2.94. The van der Waals surface area contributed by atoms with Crippen molar-refractivity contribution in [3.05, 3.63) is 30.2 Å². The molecule has 5 heteroatoms. The molecule has 0 radical (unpaired) electrons. The lowest BCUT2D eigenvalue weighted by molar-refractivity contribution is 0.352. The third-order valence-corrected chi connectivity index (χ3v) is 3.05. The molecule has 2 rings (SSSR count). The summed E-state index contributed by atoms with van der Waals surface area (Å²) >= 11 is 0. The van der Waals surface area contributed by atoms with Crippen LogP contribution in [0.4, 0.5) is 0 Å². The molecular weight excluding hydrogens is 242 g/mol. The van der Waals surface area contributed by atoms with E-state index in [2.05, 4.69) is 17.1 Å². The maximum absolute atomic E-state index is 5.50. The van der Waals surface area contributed by atoms with Crippen molar-refractivity contribution in [3.63, 3.8) is 0 Å². The van der Waals surface area contributed by atoms with Crippen molar-refractivity contribution in [1.82, 2.24) is 10.1 Å². The lowest BCUT2D eigenvalue weighted by Crippen LogP contribution is -2.02. The first-order valence-corrected chi connectivity index (χ1v) is 6.42. The number of nitrogens with two attached hydrogens (primary N) is 1. The minimum absolute atomic E-state index is 0.239. The first-order chi connectivity index (χ1) is 9.24. The zero-order valence-electron chi connectivity index (χ0n) is 11.3. The SMILES string of the molecule is COc1ccc(-c2noc(C(C)CCCN)n2)cc1. The molecular formula is C14H19N3O2. The monoisotopic (exact) mass is 261 g/mol. The Morgan fingerprint density at radius 2 is 2.05 bits per heavy atom. The van der Waals surface area contributed by atoms with Crippen LogP contribution in [0.5, 0.6) is 5.75 Å². The first-order valence-electron chi connectivity index (χ1n) is 6.42. The number of rotatable bonds is 6. The van der Waals surface area contributed by atoms with E-state index in [-0.39, 0.29) is 5.92 Å². The lowest BCUT2D eigenvalue weighted by Gasteiger charge is -2.03. The molecule has 0 spiro atoms. The predicted octanol–water partition coefficient (Wildman–Crippen LogP) is 2.59. The third kappa shape index (κ3) is 3.32. The smallest absolute Gasteiger partial charge is 0.229 e. The van der Waals surface area contributed by atoms with Crippen LogP contribution in [0.1, 0.15) is 31.6 Å². The molecule has 0 aliphatic carbocycles. The highest BCUT2D eigenvalue weighted by Gasteiger charge is 2.14. The van der Waals surface area contributed by atoms with Crippen LogP contribution < -0.4 is 10.5 Å². The van der Waals surface area contributed by atoms with Gasteiger partial charge in [-0.25, -0.2) is 0 Å². The number of hydrogen-bond acceptors (Lipinski definition) is 5. The van der Waals surface area contributed by atoms with E-state index in [1.165, 1.54) is 0 Å². The Morgan fingerprint density at radius 3 is 2.68 bits per heavy atom. The first kappa shape index (κ1) is 13.5. The lowest BCUT2D eigenvalue weighted by atomic mass is 10.1. The topological polar surface area (TPSA) is 74.2 Å². The normalized spacial score (nSPS) is 12.4. The minimum Gasteiger partial charge on any atom is -0.497 e. The zero-order chi connectivity index (χ0) is 13.7. The fraction of sp³-hybridized carbons (Fsp3) is 0.429. The van der Waals surface area contributed by atoms with Crippen molar-refractivity contribution in [2.24, 2.45) is 5.73 Å². The van der Waals surface area contributed by atoms with Crippen molar-refractivity contribution in [3.8, 4) is 17.1 Å². The second-order valence-electron chi connectivity index (χ2n) is 4.52. The highest BCUT2D eigenvalue weighted by molar-refractivity contribution is 5.55. The van der Waals surface area contributed by atoms with Gasteiger partial charge in [0.1, 0.15) is 5.75 Å². The molecule has 0 aliphatic rings. The van der Waals surface area contributed by atoms with Crippen molar-refractivity contribution in [2.75, 3.05) is 13.7 Å². The molecule has 0 fully saturated rings. The highest BCUT2D eigenvalue weighted by atomic mass is 16.5. The van der Waals surface area contributed by atoms with Crippen molar-refractivity contribution in [1.29, 1.82) is 0 Å². The Labute approximate surface area is 112 Å². The summed E-state index contributed by atoms with van der Waals surface area (Å²) in [6.45, 7) is 2.75. The summed E-state index contributed by atoms with van der Waals surface area (Å²) in [4.78, 5) is 4.43. The van der Waals surface area contributed by atoms with E-state index in [1.807, 2.05) is 24.3 Å².